The minimum Gasteiger partial charge on any atom is -0.370 e. The van der Waals surface area contributed by atoms with Gasteiger partial charge in [-0.25, -0.2) is 9.37 Å². The van der Waals surface area contributed by atoms with Crippen LogP contribution in [0.4, 0.5) is 15.9 Å². The smallest absolute Gasteiger partial charge is 0.276 e. The van der Waals surface area contributed by atoms with Crippen LogP contribution < -0.4 is 10.2 Å². The number of rotatable bonds is 3. The van der Waals surface area contributed by atoms with Gasteiger partial charge in [0.05, 0.1) is 5.69 Å². The molecule has 4 nitrogen and oxygen atoms in total. The van der Waals surface area contributed by atoms with E-state index in [1.165, 1.54) is 12.1 Å². The molecule has 108 valence electrons. The molecule has 0 bridgehead atoms. The van der Waals surface area contributed by atoms with E-state index in [0.29, 0.717) is 23.7 Å². The van der Waals surface area contributed by atoms with Crippen molar-refractivity contribution in [2.24, 2.45) is 0 Å². The van der Waals surface area contributed by atoms with E-state index in [4.69, 9.17) is 0 Å². The highest BCUT2D eigenvalue weighted by Gasteiger charge is 2.26. The van der Waals surface area contributed by atoms with Gasteiger partial charge in [-0.3, -0.25) is 4.79 Å². The second-order valence-corrected chi connectivity index (χ2v) is 4.92. The summed E-state index contributed by atoms with van der Waals surface area (Å²) >= 11 is 0. The summed E-state index contributed by atoms with van der Waals surface area (Å²) in [5, 5.41) is 3.08. The van der Waals surface area contributed by atoms with Crippen LogP contribution in [0, 0.1) is 5.82 Å². The molecule has 1 N–H and O–H groups in total. The summed E-state index contributed by atoms with van der Waals surface area (Å²) in [7, 11) is 0. The molecular weight excluding hydrogens is 269 g/mol. The quantitative estimate of drug-likeness (QED) is 0.943. The molecule has 0 spiro atoms. The van der Waals surface area contributed by atoms with Gasteiger partial charge < -0.3 is 10.2 Å². The van der Waals surface area contributed by atoms with Crippen molar-refractivity contribution in [2.75, 3.05) is 23.3 Å². The van der Waals surface area contributed by atoms with Crippen molar-refractivity contribution in [2.45, 2.75) is 13.3 Å². The first-order chi connectivity index (χ1) is 10.2. The molecule has 0 aliphatic carbocycles. The molecule has 2 heterocycles. The maximum Gasteiger partial charge on any atom is 0.276 e. The number of carbonyl (C=O) groups is 1. The predicted molar refractivity (Wildman–Crippen MR) is 80.2 cm³/mol. The minimum atomic E-state index is -0.331. The van der Waals surface area contributed by atoms with Crippen molar-refractivity contribution in [1.82, 2.24) is 4.98 Å². The van der Waals surface area contributed by atoms with Crippen molar-refractivity contribution in [1.29, 1.82) is 0 Å². The van der Waals surface area contributed by atoms with Gasteiger partial charge in [0.25, 0.3) is 5.91 Å². The highest BCUT2D eigenvalue weighted by atomic mass is 19.1. The van der Waals surface area contributed by atoms with Gasteiger partial charge in [-0.1, -0.05) is 12.1 Å². The predicted octanol–water partition coefficient (Wildman–Crippen LogP) is 2.86. The van der Waals surface area contributed by atoms with Gasteiger partial charge in [0.2, 0.25) is 0 Å². The van der Waals surface area contributed by atoms with Crippen molar-refractivity contribution in [3.8, 4) is 0 Å². The highest BCUT2D eigenvalue weighted by molar-refractivity contribution is 6.06. The summed E-state index contributed by atoms with van der Waals surface area (Å²) in [5.74, 6) is 0.143. The molecule has 0 unspecified atom stereocenters. The number of nitrogens with zero attached hydrogens (tertiary/aromatic N) is 2. The van der Waals surface area contributed by atoms with Crippen molar-refractivity contribution in [3.05, 3.63) is 53.5 Å². The van der Waals surface area contributed by atoms with Crippen LogP contribution >= 0.6 is 0 Å². The fourth-order valence-corrected chi connectivity index (χ4v) is 2.53. The number of carbonyl (C=O) groups excluding carboxylic acids is 1. The maximum atomic E-state index is 13.4. The average Bonchev–Trinajstić information content (AvgIpc) is 2.90. The number of anilines is 2. The molecule has 1 aromatic carbocycles. The van der Waals surface area contributed by atoms with Gasteiger partial charge in [0.15, 0.2) is 0 Å². The zero-order chi connectivity index (χ0) is 14.8. The fraction of sp³-hybridized carbons (Fsp3) is 0.250. The van der Waals surface area contributed by atoms with Crippen LogP contribution in [0.1, 0.15) is 23.0 Å². The molecule has 0 radical (unpaired) electrons. The third kappa shape index (κ3) is 2.59. The lowest BCUT2D eigenvalue weighted by molar-refractivity contribution is 0.0984. The largest absolute Gasteiger partial charge is 0.370 e. The van der Waals surface area contributed by atoms with E-state index >= 15 is 0 Å². The third-order valence-electron chi connectivity index (χ3n) is 3.51. The van der Waals surface area contributed by atoms with Gasteiger partial charge in [-0.15, -0.1) is 0 Å². The van der Waals surface area contributed by atoms with E-state index in [9.17, 15) is 9.18 Å². The Hall–Kier alpha value is -2.43. The van der Waals surface area contributed by atoms with Crippen molar-refractivity contribution >= 4 is 17.4 Å². The zero-order valence-corrected chi connectivity index (χ0v) is 11.8. The first-order valence-corrected chi connectivity index (χ1v) is 7.00. The second-order valence-electron chi connectivity index (χ2n) is 4.92. The topological polar surface area (TPSA) is 45.2 Å². The molecule has 0 saturated carbocycles. The van der Waals surface area contributed by atoms with Gasteiger partial charge in [0, 0.05) is 13.1 Å². The maximum absolute atomic E-state index is 13.4. The molecule has 5 heteroatoms. The number of fused-ring (bicyclic) bond motifs is 1. The molecular formula is C16H16FN3O. The molecule has 0 saturated heterocycles. The molecule has 0 fully saturated rings. The van der Waals surface area contributed by atoms with Crippen LogP contribution in [0.15, 0.2) is 36.4 Å². The number of hydrogen-bond acceptors (Lipinski definition) is 3. The number of aromatic nitrogens is 1. The summed E-state index contributed by atoms with van der Waals surface area (Å²) in [6, 6.07) is 9.87. The number of amides is 1. The van der Waals surface area contributed by atoms with Gasteiger partial charge in [-0.05, 0) is 43.2 Å². The molecule has 1 aliphatic heterocycles. The fourth-order valence-electron chi connectivity index (χ4n) is 2.53. The van der Waals surface area contributed by atoms with Gasteiger partial charge in [-0.2, -0.15) is 0 Å². The molecule has 2 aromatic rings. The lowest BCUT2D eigenvalue weighted by Crippen LogP contribution is -2.29. The molecule has 21 heavy (non-hydrogen) atoms. The summed E-state index contributed by atoms with van der Waals surface area (Å²) in [6.07, 6.45) is 0.744. The molecule has 1 amide bonds. The minimum absolute atomic E-state index is 0.195. The number of pyridine rings is 1. The normalized spacial score (nSPS) is 13.1. The SMILES string of the molecule is CCNc1cccc(C(=O)N2CCc3ccc(F)cc32)n1. The molecule has 3 rings (SSSR count). The van der Waals surface area contributed by atoms with Crippen LogP contribution in [0.2, 0.25) is 0 Å². The van der Waals surface area contributed by atoms with Crippen LogP contribution in [0.5, 0.6) is 0 Å². The monoisotopic (exact) mass is 285 g/mol. The molecule has 1 aromatic heterocycles. The Kier molecular flexibility index (Phi) is 3.56. The average molecular weight is 285 g/mol. The third-order valence-corrected chi connectivity index (χ3v) is 3.51. The summed E-state index contributed by atoms with van der Waals surface area (Å²) in [4.78, 5) is 18.5. The summed E-state index contributed by atoms with van der Waals surface area (Å²) < 4.78 is 13.4. The van der Waals surface area contributed by atoms with E-state index in [-0.39, 0.29) is 11.7 Å². The number of hydrogen-bond donors (Lipinski definition) is 1. The molecule has 0 atom stereocenters. The highest BCUT2D eigenvalue weighted by Crippen LogP contribution is 2.29. The van der Waals surface area contributed by atoms with E-state index < -0.39 is 0 Å². The lowest BCUT2D eigenvalue weighted by atomic mass is 10.1. The number of nitrogens with one attached hydrogen (secondary N) is 1. The summed E-state index contributed by atoms with van der Waals surface area (Å²) in [5.41, 5.74) is 2.01. The first-order valence-electron chi connectivity index (χ1n) is 7.00. The van der Waals surface area contributed by atoms with E-state index in [1.54, 1.807) is 23.1 Å². The van der Waals surface area contributed by atoms with Crippen LogP contribution in [0.25, 0.3) is 0 Å². The Morgan fingerprint density at radius 1 is 1.38 bits per heavy atom. The Labute approximate surface area is 122 Å². The van der Waals surface area contributed by atoms with Crippen molar-refractivity contribution in [3.63, 3.8) is 0 Å². The second kappa shape index (κ2) is 5.52. The summed E-state index contributed by atoms with van der Waals surface area (Å²) in [6.45, 7) is 3.27. The Balaban J connectivity index is 1.90. The van der Waals surface area contributed by atoms with Crippen LogP contribution in [-0.4, -0.2) is 24.0 Å². The van der Waals surface area contributed by atoms with Crippen LogP contribution in [0.3, 0.4) is 0 Å². The molecule has 1 aliphatic rings. The Bertz CT molecular complexity index is 687. The Morgan fingerprint density at radius 3 is 3.05 bits per heavy atom. The number of benzene rings is 1. The Morgan fingerprint density at radius 2 is 2.24 bits per heavy atom. The lowest BCUT2D eigenvalue weighted by Gasteiger charge is -2.17. The van der Waals surface area contributed by atoms with E-state index in [2.05, 4.69) is 10.3 Å². The van der Waals surface area contributed by atoms with E-state index in [1.807, 2.05) is 13.0 Å². The van der Waals surface area contributed by atoms with E-state index in [0.717, 1.165) is 18.5 Å². The van der Waals surface area contributed by atoms with Gasteiger partial charge >= 0.3 is 0 Å². The van der Waals surface area contributed by atoms with Crippen LogP contribution in [-0.2, 0) is 6.42 Å². The van der Waals surface area contributed by atoms with Crippen molar-refractivity contribution < 1.29 is 9.18 Å². The standard InChI is InChI=1S/C16H16FN3O/c1-2-18-15-5-3-4-13(19-15)16(21)20-9-8-11-6-7-12(17)10-14(11)20/h3-7,10H,2,8-9H2,1H3,(H,18,19). The van der Waals surface area contributed by atoms with Gasteiger partial charge in [0.1, 0.15) is 17.3 Å². The number of halogens is 1. The first kappa shape index (κ1) is 13.5. The zero-order valence-electron chi connectivity index (χ0n) is 11.8.